The molecule has 0 saturated heterocycles. The van der Waals surface area contributed by atoms with Gasteiger partial charge >= 0.3 is 5.97 Å². The Kier molecular flexibility index (Phi) is 4.23. The Balaban J connectivity index is 2.36. The number of carbonyl (C=O) groups excluding carboxylic acids is 1. The number of phenols is 1. The first kappa shape index (κ1) is 14.6. The lowest BCUT2D eigenvalue weighted by molar-refractivity contribution is -0.138. The van der Waals surface area contributed by atoms with Gasteiger partial charge in [-0.05, 0) is 30.7 Å². The molecular formula is C16H15NO4. The highest BCUT2D eigenvalue weighted by molar-refractivity contribution is 6.05. The average Bonchev–Trinajstić information content (AvgIpc) is 2.49. The van der Waals surface area contributed by atoms with Gasteiger partial charge in [0, 0.05) is 5.56 Å². The Hall–Kier alpha value is -2.82. The van der Waals surface area contributed by atoms with Gasteiger partial charge in [-0.1, -0.05) is 30.3 Å². The number of hydrogen-bond donors (Lipinski definition) is 3. The van der Waals surface area contributed by atoms with Crippen LogP contribution in [-0.4, -0.2) is 22.1 Å². The molecule has 1 unspecified atom stereocenters. The highest BCUT2D eigenvalue weighted by atomic mass is 16.4. The maximum atomic E-state index is 12.1. The molecule has 0 heterocycles. The van der Waals surface area contributed by atoms with Crippen LogP contribution in [0.25, 0.3) is 0 Å². The third kappa shape index (κ3) is 3.20. The van der Waals surface area contributed by atoms with Gasteiger partial charge in [0.2, 0.25) is 0 Å². The van der Waals surface area contributed by atoms with Gasteiger partial charge in [-0.15, -0.1) is 0 Å². The minimum Gasteiger partial charge on any atom is -0.506 e. The second-order valence-corrected chi connectivity index (χ2v) is 4.62. The van der Waals surface area contributed by atoms with E-state index < -0.39 is 17.8 Å². The van der Waals surface area contributed by atoms with Crippen LogP contribution in [0, 0.1) is 0 Å². The smallest absolute Gasteiger partial charge is 0.310 e. The maximum Gasteiger partial charge on any atom is 0.310 e. The molecule has 0 spiro atoms. The molecule has 3 N–H and O–H groups in total. The van der Waals surface area contributed by atoms with Crippen LogP contribution < -0.4 is 5.32 Å². The number of carboxylic acid groups (broad SMARTS) is 1. The molecule has 0 fully saturated rings. The summed E-state index contributed by atoms with van der Waals surface area (Å²) in [5, 5.41) is 21.6. The number of nitrogens with one attached hydrogen (secondary N) is 1. The van der Waals surface area contributed by atoms with Crippen molar-refractivity contribution in [1.29, 1.82) is 0 Å². The summed E-state index contributed by atoms with van der Waals surface area (Å²) >= 11 is 0. The van der Waals surface area contributed by atoms with Gasteiger partial charge in [0.05, 0.1) is 11.6 Å². The zero-order chi connectivity index (χ0) is 15.4. The number of amides is 1. The van der Waals surface area contributed by atoms with Crippen LogP contribution in [0.3, 0.4) is 0 Å². The molecule has 0 radical (unpaired) electrons. The number of aliphatic carboxylic acids is 1. The summed E-state index contributed by atoms with van der Waals surface area (Å²) in [6, 6.07) is 13.0. The van der Waals surface area contributed by atoms with Crippen molar-refractivity contribution in [3.63, 3.8) is 0 Å². The molecule has 2 rings (SSSR count). The van der Waals surface area contributed by atoms with Crippen molar-refractivity contribution in [3.8, 4) is 5.75 Å². The minimum absolute atomic E-state index is 0.126. The Labute approximate surface area is 121 Å². The van der Waals surface area contributed by atoms with Crippen LogP contribution in [0.4, 0.5) is 5.69 Å². The number of benzene rings is 2. The molecule has 0 aromatic heterocycles. The number of anilines is 1. The Morgan fingerprint density at radius 2 is 1.71 bits per heavy atom. The number of phenolic OH excluding ortho intramolecular Hbond substituents is 1. The number of carbonyl (C=O) groups is 2. The first-order chi connectivity index (χ1) is 10.0. The molecule has 0 aliphatic carbocycles. The maximum absolute atomic E-state index is 12.1. The Bertz CT molecular complexity index is 667. The SMILES string of the molecule is CC(C(=O)O)c1cccc(O)c1NC(=O)c1ccccc1. The van der Waals surface area contributed by atoms with Gasteiger partial charge in [0.25, 0.3) is 5.91 Å². The fourth-order valence-electron chi connectivity index (χ4n) is 1.96. The predicted octanol–water partition coefficient (Wildman–Crippen LogP) is 2.83. The first-order valence-corrected chi connectivity index (χ1v) is 6.41. The van der Waals surface area contributed by atoms with Crippen LogP contribution in [-0.2, 0) is 4.79 Å². The van der Waals surface area contributed by atoms with Crippen LogP contribution in [0.5, 0.6) is 5.75 Å². The van der Waals surface area contributed by atoms with E-state index in [2.05, 4.69) is 5.32 Å². The van der Waals surface area contributed by atoms with Crippen molar-refractivity contribution >= 4 is 17.6 Å². The van der Waals surface area contributed by atoms with Gasteiger partial charge in [-0.3, -0.25) is 9.59 Å². The minimum atomic E-state index is -1.03. The van der Waals surface area contributed by atoms with Crippen molar-refractivity contribution in [2.24, 2.45) is 0 Å². The van der Waals surface area contributed by atoms with Gasteiger partial charge in [-0.25, -0.2) is 0 Å². The topological polar surface area (TPSA) is 86.6 Å². The highest BCUT2D eigenvalue weighted by Crippen LogP contribution is 2.33. The molecule has 21 heavy (non-hydrogen) atoms. The van der Waals surface area contributed by atoms with E-state index in [1.807, 2.05) is 0 Å². The molecule has 2 aromatic carbocycles. The largest absolute Gasteiger partial charge is 0.506 e. The molecular weight excluding hydrogens is 270 g/mol. The van der Waals surface area contributed by atoms with E-state index in [0.717, 1.165) is 0 Å². The van der Waals surface area contributed by atoms with E-state index in [0.29, 0.717) is 11.1 Å². The second kappa shape index (κ2) is 6.09. The van der Waals surface area contributed by atoms with Crippen LogP contribution in [0.2, 0.25) is 0 Å². The van der Waals surface area contributed by atoms with Crippen molar-refractivity contribution in [1.82, 2.24) is 0 Å². The van der Waals surface area contributed by atoms with E-state index in [-0.39, 0.29) is 11.4 Å². The van der Waals surface area contributed by atoms with Crippen LogP contribution in [0.15, 0.2) is 48.5 Å². The first-order valence-electron chi connectivity index (χ1n) is 6.41. The summed E-state index contributed by atoms with van der Waals surface area (Å²) in [6.45, 7) is 1.50. The standard InChI is InChI=1S/C16H15NO4/c1-10(16(20)21)12-8-5-9-13(18)14(12)17-15(19)11-6-3-2-4-7-11/h2-10,18H,1H3,(H,17,19)(H,20,21). The van der Waals surface area contributed by atoms with E-state index in [9.17, 15) is 14.7 Å². The average molecular weight is 285 g/mol. The molecule has 0 aliphatic heterocycles. The summed E-state index contributed by atoms with van der Waals surface area (Å²) in [5.41, 5.74) is 0.905. The third-order valence-corrected chi connectivity index (χ3v) is 3.19. The number of rotatable bonds is 4. The molecule has 0 aliphatic rings. The molecule has 2 aromatic rings. The van der Waals surface area contributed by atoms with Gasteiger partial charge in [0.1, 0.15) is 5.75 Å². The van der Waals surface area contributed by atoms with Gasteiger partial charge in [0.15, 0.2) is 0 Å². The van der Waals surface area contributed by atoms with Crippen LogP contribution in [0.1, 0.15) is 28.8 Å². The lowest BCUT2D eigenvalue weighted by atomic mass is 9.98. The van der Waals surface area contributed by atoms with Crippen molar-refractivity contribution in [2.75, 3.05) is 5.32 Å². The molecule has 108 valence electrons. The Morgan fingerprint density at radius 3 is 2.33 bits per heavy atom. The van der Waals surface area contributed by atoms with Gasteiger partial charge in [-0.2, -0.15) is 0 Å². The summed E-state index contributed by atoms with van der Waals surface area (Å²) < 4.78 is 0. The quantitative estimate of drug-likeness (QED) is 0.754. The van der Waals surface area contributed by atoms with Gasteiger partial charge < -0.3 is 15.5 Å². The number of aromatic hydroxyl groups is 1. The lowest BCUT2D eigenvalue weighted by Gasteiger charge is -2.15. The normalized spacial score (nSPS) is 11.7. The number of hydrogen-bond acceptors (Lipinski definition) is 3. The fourth-order valence-corrected chi connectivity index (χ4v) is 1.96. The summed E-state index contributed by atoms with van der Waals surface area (Å²) in [4.78, 5) is 23.3. The van der Waals surface area contributed by atoms with Crippen molar-refractivity contribution in [2.45, 2.75) is 12.8 Å². The number of para-hydroxylation sites is 1. The van der Waals surface area contributed by atoms with Crippen LogP contribution >= 0.6 is 0 Å². The van der Waals surface area contributed by atoms with E-state index >= 15 is 0 Å². The Morgan fingerprint density at radius 1 is 1.05 bits per heavy atom. The number of carboxylic acids is 1. The summed E-state index contributed by atoms with van der Waals surface area (Å²) in [7, 11) is 0. The summed E-state index contributed by atoms with van der Waals surface area (Å²) in [6.07, 6.45) is 0. The molecule has 0 bridgehead atoms. The lowest BCUT2D eigenvalue weighted by Crippen LogP contribution is -2.16. The van der Waals surface area contributed by atoms with E-state index in [1.54, 1.807) is 42.5 Å². The molecule has 5 nitrogen and oxygen atoms in total. The molecule has 1 amide bonds. The second-order valence-electron chi connectivity index (χ2n) is 4.62. The molecule has 1 atom stereocenters. The van der Waals surface area contributed by atoms with E-state index in [1.165, 1.54) is 13.0 Å². The zero-order valence-corrected chi connectivity index (χ0v) is 11.4. The third-order valence-electron chi connectivity index (χ3n) is 3.19. The summed E-state index contributed by atoms with van der Waals surface area (Å²) in [5.74, 6) is -2.44. The molecule has 5 heteroatoms. The van der Waals surface area contributed by atoms with Crippen molar-refractivity contribution < 1.29 is 19.8 Å². The molecule has 0 saturated carbocycles. The zero-order valence-electron chi connectivity index (χ0n) is 11.4. The van der Waals surface area contributed by atoms with E-state index in [4.69, 9.17) is 5.11 Å². The fraction of sp³-hybridized carbons (Fsp3) is 0.125. The highest BCUT2D eigenvalue weighted by Gasteiger charge is 2.21. The monoisotopic (exact) mass is 285 g/mol. The van der Waals surface area contributed by atoms with Crippen molar-refractivity contribution in [3.05, 3.63) is 59.7 Å². The predicted molar refractivity (Wildman–Crippen MR) is 78.6 cm³/mol.